The monoisotopic (exact) mass is 426 g/mol. The second kappa shape index (κ2) is 9.31. The molecule has 2 heterocycles. The summed E-state index contributed by atoms with van der Waals surface area (Å²) in [6.45, 7) is 2.85. The first-order valence-corrected chi connectivity index (χ1v) is 10.4. The predicted molar refractivity (Wildman–Crippen MR) is 114 cm³/mol. The van der Waals surface area contributed by atoms with Crippen molar-refractivity contribution in [1.29, 1.82) is 0 Å². The average Bonchev–Trinajstić information content (AvgIpc) is 2.77. The molecule has 0 unspecified atom stereocenters. The van der Waals surface area contributed by atoms with Crippen molar-refractivity contribution in [3.8, 4) is 5.75 Å². The van der Waals surface area contributed by atoms with E-state index in [0.29, 0.717) is 34.6 Å². The van der Waals surface area contributed by atoms with Gasteiger partial charge in [-0.2, -0.15) is 0 Å². The Hall–Kier alpha value is -2.54. The maximum Gasteiger partial charge on any atom is 0.346 e. The first-order valence-electron chi connectivity index (χ1n) is 9.23. The number of halogens is 1. The Morgan fingerprint density at radius 1 is 1.03 bits per heavy atom. The number of hydrogen-bond donors (Lipinski definition) is 0. The highest BCUT2D eigenvalue weighted by molar-refractivity contribution is 7.99. The van der Waals surface area contributed by atoms with Crippen molar-refractivity contribution < 1.29 is 14.3 Å². The van der Waals surface area contributed by atoms with Gasteiger partial charge in [-0.05, 0) is 48.5 Å². The number of morpholine rings is 1. The molecule has 1 aliphatic heterocycles. The van der Waals surface area contributed by atoms with Crippen LogP contribution in [-0.2, 0) is 4.74 Å². The van der Waals surface area contributed by atoms with E-state index in [2.05, 4.69) is 9.88 Å². The minimum Gasteiger partial charge on any atom is -0.421 e. The third-order valence-corrected chi connectivity index (χ3v) is 5.72. The van der Waals surface area contributed by atoms with E-state index in [1.54, 1.807) is 18.3 Å². The molecule has 0 atom stereocenters. The second-order valence-electron chi connectivity index (χ2n) is 6.37. The van der Waals surface area contributed by atoms with E-state index in [0.717, 1.165) is 23.7 Å². The van der Waals surface area contributed by atoms with Crippen LogP contribution in [0.25, 0.3) is 0 Å². The number of ether oxygens (including phenoxy) is 2. The van der Waals surface area contributed by atoms with Gasteiger partial charge in [-0.1, -0.05) is 35.5 Å². The Kier molecular flexibility index (Phi) is 6.34. The van der Waals surface area contributed by atoms with E-state index in [1.165, 1.54) is 11.8 Å². The van der Waals surface area contributed by atoms with Crippen LogP contribution < -0.4 is 9.64 Å². The molecule has 3 aromatic rings. The first kappa shape index (κ1) is 19.8. The summed E-state index contributed by atoms with van der Waals surface area (Å²) >= 11 is 7.35. The molecule has 4 rings (SSSR count). The quantitative estimate of drug-likeness (QED) is 0.425. The normalized spacial score (nSPS) is 13.9. The molecule has 1 fully saturated rings. The molecule has 7 heteroatoms. The molecule has 5 nitrogen and oxygen atoms in total. The molecule has 1 aliphatic rings. The fraction of sp³-hybridized carbons (Fsp3) is 0.182. The van der Waals surface area contributed by atoms with Crippen LogP contribution in [0.3, 0.4) is 0 Å². The largest absolute Gasteiger partial charge is 0.421 e. The van der Waals surface area contributed by atoms with Gasteiger partial charge in [-0.3, -0.25) is 0 Å². The highest BCUT2D eigenvalue weighted by Crippen LogP contribution is 2.32. The number of para-hydroxylation sites is 2. The summed E-state index contributed by atoms with van der Waals surface area (Å²) in [5.41, 5.74) is 1.31. The Balaban J connectivity index is 1.56. The minimum atomic E-state index is -0.435. The van der Waals surface area contributed by atoms with Crippen LogP contribution >= 0.6 is 23.4 Å². The summed E-state index contributed by atoms with van der Waals surface area (Å²) in [7, 11) is 0. The topological polar surface area (TPSA) is 51.7 Å². The van der Waals surface area contributed by atoms with E-state index in [4.69, 9.17) is 21.1 Å². The maximum atomic E-state index is 13.0. The van der Waals surface area contributed by atoms with Gasteiger partial charge in [0.15, 0.2) is 5.75 Å². The van der Waals surface area contributed by atoms with Gasteiger partial charge < -0.3 is 14.4 Å². The molecular weight excluding hydrogens is 408 g/mol. The Morgan fingerprint density at radius 3 is 2.59 bits per heavy atom. The smallest absolute Gasteiger partial charge is 0.346 e. The highest BCUT2D eigenvalue weighted by atomic mass is 35.5. The molecule has 0 saturated carbocycles. The second-order valence-corrected chi connectivity index (χ2v) is 7.87. The number of anilines is 1. The summed E-state index contributed by atoms with van der Waals surface area (Å²) in [4.78, 5) is 20.5. The number of nitrogens with zero attached hydrogens (tertiary/aromatic N) is 2. The molecule has 29 heavy (non-hydrogen) atoms. The molecular formula is C22H19ClN2O3S. The van der Waals surface area contributed by atoms with Crippen molar-refractivity contribution in [3.63, 3.8) is 0 Å². The van der Waals surface area contributed by atoms with Gasteiger partial charge in [0.25, 0.3) is 0 Å². The van der Waals surface area contributed by atoms with Crippen molar-refractivity contribution >= 4 is 35.0 Å². The van der Waals surface area contributed by atoms with E-state index in [9.17, 15) is 4.79 Å². The fourth-order valence-corrected chi connectivity index (χ4v) is 4.00. The summed E-state index contributed by atoms with van der Waals surface area (Å²) < 4.78 is 11.2. The van der Waals surface area contributed by atoms with Crippen LogP contribution in [0.5, 0.6) is 5.75 Å². The van der Waals surface area contributed by atoms with Gasteiger partial charge in [-0.25, -0.2) is 9.78 Å². The zero-order valence-electron chi connectivity index (χ0n) is 15.6. The summed E-state index contributed by atoms with van der Waals surface area (Å²) in [5, 5.41) is 1.25. The van der Waals surface area contributed by atoms with E-state index in [1.807, 2.05) is 48.5 Å². The Morgan fingerprint density at radius 2 is 1.79 bits per heavy atom. The SMILES string of the molecule is O=C(Oc1ccccc1N1CCOCC1)c1cccnc1Sc1ccc(Cl)cc1. The van der Waals surface area contributed by atoms with Crippen LogP contribution in [0.1, 0.15) is 10.4 Å². The van der Waals surface area contributed by atoms with Crippen molar-refractivity contribution in [3.05, 3.63) is 77.4 Å². The lowest BCUT2D eigenvalue weighted by Gasteiger charge is -2.30. The van der Waals surface area contributed by atoms with Crippen molar-refractivity contribution in [1.82, 2.24) is 4.98 Å². The molecule has 1 aromatic heterocycles. The van der Waals surface area contributed by atoms with Crippen molar-refractivity contribution in [2.24, 2.45) is 0 Å². The van der Waals surface area contributed by atoms with E-state index < -0.39 is 5.97 Å². The number of carbonyl (C=O) groups is 1. The Labute approximate surface area is 178 Å². The fourth-order valence-electron chi connectivity index (χ4n) is 3.01. The van der Waals surface area contributed by atoms with Crippen molar-refractivity contribution in [2.45, 2.75) is 9.92 Å². The first-order chi connectivity index (χ1) is 14.2. The van der Waals surface area contributed by atoms with Gasteiger partial charge in [0.05, 0.1) is 24.5 Å². The standard InChI is InChI=1S/C22H19ClN2O3S/c23-16-7-9-17(10-8-16)29-21-18(4-3-11-24-21)22(26)28-20-6-2-1-5-19(20)25-12-14-27-15-13-25/h1-11H,12-15H2. The molecule has 148 valence electrons. The zero-order chi connectivity index (χ0) is 20.1. The number of pyridine rings is 1. The molecule has 0 N–H and O–H groups in total. The highest BCUT2D eigenvalue weighted by Gasteiger charge is 2.20. The van der Waals surface area contributed by atoms with Gasteiger partial charge in [0.1, 0.15) is 5.03 Å². The lowest BCUT2D eigenvalue weighted by Crippen LogP contribution is -2.36. The van der Waals surface area contributed by atoms with E-state index >= 15 is 0 Å². The minimum absolute atomic E-state index is 0.421. The number of esters is 1. The van der Waals surface area contributed by atoms with E-state index in [-0.39, 0.29) is 0 Å². The summed E-state index contributed by atoms with van der Waals surface area (Å²) in [6, 6.07) is 18.4. The zero-order valence-corrected chi connectivity index (χ0v) is 17.2. The lowest BCUT2D eigenvalue weighted by molar-refractivity contribution is 0.0730. The summed E-state index contributed by atoms with van der Waals surface area (Å²) in [6.07, 6.45) is 1.66. The predicted octanol–water partition coefficient (Wildman–Crippen LogP) is 4.94. The van der Waals surface area contributed by atoms with Gasteiger partial charge in [0, 0.05) is 29.2 Å². The molecule has 0 bridgehead atoms. The Bertz CT molecular complexity index is 991. The molecule has 1 saturated heterocycles. The van der Waals surface area contributed by atoms with Crippen LogP contribution in [0, 0.1) is 0 Å². The third kappa shape index (κ3) is 4.90. The van der Waals surface area contributed by atoms with Crippen LogP contribution in [0.2, 0.25) is 5.02 Å². The van der Waals surface area contributed by atoms with Gasteiger partial charge >= 0.3 is 5.97 Å². The number of benzene rings is 2. The molecule has 2 aromatic carbocycles. The van der Waals surface area contributed by atoms with Gasteiger partial charge in [-0.15, -0.1) is 0 Å². The van der Waals surface area contributed by atoms with Gasteiger partial charge in [0.2, 0.25) is 0 Å². The number of carbonyl (C=O) groups excluding carboxylic acids is 1. The molecule has 0 radical (unpaired) electrons. The van der Waals surface area contributed by atoms with Crippen LogP contribution in [-0.4, -0.2) is 37.3 Å². The van der Waals surface area contributed by atoms with Crippen molar-refractivity contribution in [2.75, 3.05) is 31.2 Å². The summed E-state index contributed by atoms with van der Waals surface area (Å²) in [5.74, 6) is 0.0981. The molecule has 0 spiro atoms. The number of hydrogen-bond acceptors (Lipinski definition) is 6. The average molecular weight is 427 g/mol. The lowest BCUT2D eigenvalue weighted by atomic mass is 10.2. The maximum absolute atomic E-state index is 13.0. The number of aromatic nitrogens is 1. The van der Waals surface area contributed by atoms with Crippen LogP contribution in [0.4, 0.5) is 5.69 Å². The number of rotatable bonds is 5. The van der Waals surface area contributed by atoms with Crippen LogP contribution in [0.15, 0.2) is 76.8 Å². The third-order valence-electron chi connectivity index (χ3n) is 4.44. The molecule has 0 amide bonds. The molecule has 0 aliphatic carbocycles.